The molecule has 0 spiro atoms. The molecule has 0 aliphatic carbocycles. The van der Waals surface area contributed by atoms with Crippen LogP contribution >= 0.6 is 0 Å². The van der Waals surface area contributed by atoms with Gasteiger partial charge in [-0.15, -0.1) is 0 Å². The molecule has 2 fully saturated rings. The fourth-order valence-corrected chi connectivity index (χ4v) is 4.18. The van der Waals surface area contributed by atoms with Crippen LogP contribution in [0.4, 0.5) is 5.95 Å². The third kappa shape index (κ3) is 2.61. The van der Waals surface area contributed by atoms with Gasteiger partial charge in [0.15, 0.2) is 0 Å². The lowest BCUT2D eigenvalue weighted by molar-refractivity contribution is -0.0279. The van der Waals surface area contributed by atoms with Gasteiger partial charge in [-0.25, -0.2) is 9.97 Å². The van der Waals surface area contributed by atoms with Gasteiger partial charge in [-0.3, -0.25) is 0 Å². The van der Waals surface area contributed by atoms with Gasteiger partial charge >= 0.3 is 0 Å². The second-order valence-electron chi connectivity index (χ2n) is 6.97. The van der Waals surface area contributed by atoms with Gasteiger partial charge in [-0.1, -0.05) is 6.92 Å². The number of aliphatic hydroxyl groups excluding tert-OH is 1. The zero-order chi connectivity index (χ0) is 15.7. The zero-order valence-electron chi connectivity index (χ0n) is 14.0. The van der Waals surface area contributed by atoms with Crippen LogP contribution in [0.5, 0.6) is 0 Å². The number of nitrogens with zero attached hydrogens (tertiary/aromatic N) is 4. The zero-order valence-corrected chi connectivity index (χ0v) is 14.0. The lowest BCUT2D eigenvalue weighted by Gasteiger charge is -2.53. The summed E-state index contributed by atoms with van der Waals surface area (Å²) in [5, 5.41) is 9.99. The van der Waals surface area contributed by atoms with Crippen LogP contribution in [0, 0.1) is 12.3 Å². The molecule has 22 heavy (non-hydrogen) atoms. The number of piperidine rings is 2. The minimum absolute atomic E-state index is 0.0712. The van der Waals surface area contributed by atoms with Crippen LogP contribution in [-0.2, 0) is 6.42 Å². The normalized spacial score (nSPS) is 29.5. The predicted octanol–water partition coefficient (Wildman–Crippen LogP) is 1.63. The highest BCUT2D eigenvalue weighted by Crippen LogP contribution is 2.42. The molecule has 122 valence electrons. The van der Waals surface area contributed by atoms with Crippen LogP contribution in [0.3, 0.4) is 0 Å². The minimum Gasteiger partial charge on any atom is -0.396 e. The van der Waals surface area contributed by atoms with E-state index in [9.17, 15) is 5.11 Å². The Morgan fingerprint density at radius 3 is 2.91 bits per heavy atom. The maximum absolute atomic E-state index is 9.99. The van der Waals surface area contributed by atoms with E-state index >= 15 is 0 Å². The summed E-state index contributed by atoms with van der Waals surface area (Å²) < 4.78 is 0. The van der Waals surface area contributed by atoms with Crippen molar-refractivity contribution in [1.29, 1.82) is 0 Å². The quantitative estimate of drug-likeness (QED) is 0.920. The van der Waals surface area contributed by atoms with Crippen LogP contribution in [0.25, 0.3) is 0 Å². The molecule has 1 aromatic heterocycles. The highest BCUT2D eigenvalue weighted by atomic mass is 16.3. The molecule has 5 heteroatoms. The van der Waals surface area contributed by atoms with E-state index in [1.165, 1.54) is 12.0 Å². The number of aromatic nitrogens is 2. The standard InChI is InChI=1S/C17H28N4O/c1-4-14-13(2)10-18-16(19-14)21-9-7-17(12-22)6-5-8-20(3)15(17)11-21/h10,15,22H,4-9,11-12H2,1-3H3/t15-,17-/m1/s1. The van der Waals surface area contributed by atoms with Crippen molar-refractivity contribution in [3.63, 3.8) is 0 Å². The summed E-state index contributed by atoms with van der Waals surface area (Å²) >= 11 is 0. The number of likely N-dealkylation sites (N-methyl/N-ethyl adjacent to an activating group) is 1. The molecular weight excluding hydrogens is 276 g/mol. The van der Waals surface area contributed by atoms with E-state index < -0.39 is 0 Å². The number of aliphatic hydroxyl groups is 1. The van der Waals surface area contributed by atoms with Crippen LogP contribution in [0.15, 0.2) is 6.20 Å². The van der Waals surface area contributed by atoms with Crippen molar-refractivity contribution < 1.29 is 5.11 Å². The molecule has 2 aliphatic rings. The fraction of sp³-hybridized carbons (Fsp3) is 0.765. The first-order valence-corrected chi connectivity index (χ1v) is 8.48. The number of fused-ring (bicyclic) bond motifs is 1. The van der Waals surface area contributed by atoms with Gasteiger partial charge in [0.2, 0.25) is 5.95 Å². The summed E-state index contributed by atoms with van der Waals surface area (Å²) in [6, 6.07) is 0.398. The lowest BCUT2D eigenvalue weighted by atomic mass is 9.69. The van der Waals surface area contributed by atoms with E-state index in [0.29, 0.717) is 12.6 Å². The Labute approximate surface area is 133 Å². The molecule has 3 rings (SSSR count). The molecule has 1 N–H and O–H groups in total. The highest BCUT2D eigenvalue weighted by molar-refractivity contribution is 5.35. The first-order valence-electron chi connectivity index (χ1n) is 8.48. The summed E-state index contributed by atoms with van der Waals surface area (Å²) in [5.41, 5.74) is 2.38. The van der Waals surface area contributed by atoms with Crippen LogP contribution < -0.4 is 4.90 Å². The molecule has 2 atom stereocenters. The second-order valence-corrected chi connectivity index (χ2v) is 6.97. The molecule has 0 unspecified atom stereocenters. The largest absolute Gasteiger partial charge is 0.396 e. The van der Waals surface area contributed by atoms with Gasteiger partial charge in [0.1, 0.15) is 0 Å². The first-order chi connectivity index (χ1) is 10.6. The summed E-state index contributed by atoms with van der Waals surface area (Å²) in [6.07, 6.45) is 6.24. The van der Waals surface area contributed by atoms with Gasteiger partial charge < -0.3 is 14.9 Å². The molecule has 2 aliphatic heterocycles. The predicted molar refractivity (Wildman–Crippen MR) is 88.1 cm³/mol. The van der Waals surface area contributed by atoms with Crippen molar-refractivity contribution in [2.75, 3.05) is 38.2 Å². The Hall–Kier alpha value is -1.20. The molecule has 2 saturated heterocycles. The summed E-state index contributed by atoms with van der Waals surface area (Å²) in [5.74, 6) is 0.855. The van der Waals surface area contributed by atoms with Gasteiger partial charge in [0.05, 0.1) is 6.61 Å². The smallest absolute Gasteiger partial charge is 0.225 e. The van der Waals surface area contributed by atoms with Crippen molar-refractivity contribution in [2.24, 2.45) is 5.41 Å². The van der Waals surface area contributed by atoms with Crippen molar-refractivity contribution in [2.45, 2.75) is 45.6 Å². The van der Waals surface area contributed by atoms with E-state index in [-0.39, 0.29) is 5.41 Å². The SMILES string of the molecule is CCc1nc(N2CC[C@@]3(CO)CCCN(C)[C@@H]3C2)ncc1C. The molecule has 0 radical (unpaired) electrons. The van der Waals surface area contributed by atoms with Gasteiger partial charge in [0.25, 0.3) is 0 Å². The average molecular weight is 304 g/mol. The Balaban J connectivity index is 1.83. The van der Waals surface area contributed by atoms with Crippen molar-refractivity contribution in [3.8, 4) is 0 Å². The number of hydrogen-bond acceptors (Lipinski definition) is 5. The third-order valence-electron chi connectivity index (χ3n) is 5.69. The fourth-order valence-electron chi connectivity index (χ4n) is 4.18. The van der Waals surface area contributed by atoms with E-state index in [2.05, 4.69) is 35.7 Å². The van der Waals surface area contributed by atoms with Gasteiger partial charge in [0, 0.05) is 36.4 Å². The van der Waals surface area contributed by atoms with E-state index in [1.54, 1.807) is 0 Å². The maximum Gasteiger partial charge on any atom is 0.225 e. The molecule has 3 heterocycles. The van der Waals surface area contributed by atoms with Crippen LogP contribution in [-0.4, -0.2) is 59.3 Å². The molecule has 0 bridgehead atoms. The van der Waals surface area contributed by atoms with E-state index in [4.69, 9.17) is 4.98 Å². The molecule has 0 saturated carbocycles. The number of hydrogen-bond donors (Lipinski definition) is 1. The second kappa shape index (κ2) is 6.13. The summed E-state index contributed by atoms with van der Waals surface area (Å²) in [6.45, 7) is 7.49. The topological polar surface area (TPSA) is 52.5 Å². The number of likely N-dealkylation sites (tertiary alicyclic amines) is 1. The van der Waals surface area contributed by atoms with E-state index in [0.717, 1.165) is 50.5 Å². The lowest BCUT2D eigenvalue weighted by Crippen LogP contribution is -2.61. The van der Waals surface area contributed by atoms with Crippen LogP contribution in [0.1, 0.15) is 37.4 Å². The summed E-state index contributed by atoms with van der Waals surface area (Å²) in [7, 11) is 2.19. The molecule has 0 amide bonds. The Morgan fingerprint density at radius 1 is 1.36 bits per heavy atom. The number of aryl methyl sites for hydroxylation is 2. The first kappa shape index (κ1) is 15.7. The maximum atomic E-state index is 9.99. The third-order valence-corrected chi connectivity index (χ3v) is 5.69. The van der Waals surface area contributed by atoms with E-state index in [1.807, 2.05) is 6.20 Å². The molecule has 0 aromatic carbocycles. The van der Waals surface area contributed by atoms with Gasteiger partial charge in [-0.2, -0.15) is 0 Å². The Kier molecular flexibility index (Phi) is 4.37. The molecular formula is C17H28N4O. The monoisotopic (exact) mass is 304 g/mol. The molecule has 5 nitrogen and oxygen atoms in total. The minimum atomic E-state index is 0.0712. The van der Waals surface area contributed by atoms with Crippen molar-refractivity contribution >= 4 is 5.95 Å². The van der Waals surface area contributed by atoms with Crippen LogP contribution in [0.2, 0.25) is 0 Å². The summed E-state index contributed by atoms with van der Waals surface area (Å²) in [4.78, 5) is 14.0. The Morgan fingerprint density at radius 2 is 2.18 bits per heavy atom. The average Bonchev–Trinajstić information content (AvgIpc) is 2.55. The number of anilines is 1. The van der Waals surface area contributed by atoms with Crippen molar-refractivity contribution in [3.05, 3.63) is 17.5 Å². The number of rotatable bonds is 3. The van der Waals surface area contributed by atoms with Gasteiger partial charge in [-0.05, 0) is 51.8 Å². The molecule has 1 aromatic rings. The Bertz CT molecular complexity index is 535. The van der Waals surface area contributed by atoms with Crippen molar-refractivity contribution in [1.82, 2.24) is 14.9 Å². The highest BCUT2D eigenvalue weighted by Gasteiger charge is 2.46.